The summed E-state index contributed by atoms with van der Waals surface area (Å²) in [6, 6.07) is 14.0. The van der Waals surface area contributed by atoms with Crippen LogP contribution in [0.2, 0.25) is 0 Å². The van der Waals surface area contributed by atoms with E-state index in [0.29, 0.717) is 19.0 Å². The van der Waals surface area contributed by atoms with Gasteiger partial charge in [-0.2, -0.15) is 0 Å². The van der Waals surface area contributed by atoms with Crippen LogP contribution < -0.4 is 10.1 Å². The average molecular weight is 272 g/mol. The van der Waals surface area contributed by atoms with Crippen molar-refractivity contribution < 1.29 is 9.47 Å². The molecule has 0 amide bonds. The third-order valence-electron chi connectivity index (χ3n) is 3.03. The predicted octanol–water partition coefficient (Wildman–Crippen LogP) is 2.53. The van der Waals surface area contributed by atoms with Crippen LogP contribution in [0.1, 0.15) is 16.8 Å². The molecule has 4 heteroatoms. The summed E-state index contributed by atoms with van der Waals surface area (Å²) in [4.78, 5) is 4.37. The lowest BCUT2D eigenvalue weighted by Crippen LogP contribution is -2.15. The van der Waals surface area contributed by atoms with Gasteiger partial charge >= 0.3 is 0 Å². The molecule has 1 aromatic heterocycles. The summed E-state index contributed by atoms with van der Waals surface area (Å²) in [6.07, 6.45) is 0. The largest absolute Gasteiger partial charge is 0.481 e. The summed E-state index contributed by atoms with van der Waals surface area (Å²) < 4.78 is 10.3. The number of pyridine rings is 1. The SMILES string of the molecule is COCc1ccccc1CNCc1cccc(OC)n1. The van der Waals surface area contributed by atoms with Crippen molar-refractivity contribution >= 4 is 0 Å². The molecule has 1 aromatic carbocycles. The highest BCUT2D eigenvalue weighted by Gasteiger charge is 2.02. The normalized spacial score (nSPS) is 10.5. The molecule has 0 unspecified atom stereocenters. The Balaban J connectivity index is 1.92. The topological polar surface area (TPSA) is 43.4 Å². The van der Waals surface area contributed by atoms with E-state index in [1.165, 1.54) is 11.1 Å². The Bertz CT molecular complexity index is 544. The van der Waals surface area contributed by atoms with Gasteiger partial charge in [0.1, 0.15) is 0 Å². The van der Waals surface area contributed by atoms with E-state index in [1.807, 2.05) is 30.3 Å². The van der Waals surface area contributed by atoms with E-state index in [-0.39, 0.29) is 0 Å². The van der Waals surface area contributed by atoms with E-state index in [4.69, 9.17) is 9.47 Å². The summed E-state index contributed by atoms with van der Waals surface area (Å²) >= 11 is 0. The van der Waals surface area contributed by atoms with E-state index < -0.39 is 0 Å². The fourth-order valence-electron chi connectivity index (χ4n) is 2.02. The molecule has 1 N–H and O–H groups in total. The van der Waals surface area contributed by atoms with Gasteiger partial charge in [-0.25, -0.2) is 4.98 Å². The minimum Gasteiger partial charge on any atom is -0.481 e. The van der Waals surface area contributed by atoms with Gasteiger partial charge in [-0.1, -0.05) is 30.3 Å². The highest BCUT2D eigenvalue weighted by molar-refractivity contribution is 5.26. The molecule has 1 heterocycles. The molecule has 0 saturated heterocycles. The standard InChI is InChI=1S/C16H20N2O2/c1-19-12-14-7-4-3-6-13(14)10-17-11-15-8-5-9-16(18-15)20-2/h3-9,17H,10-12H2,1-2H3. The zero-order valence-corrected chi connectivity index (χ0v) is 11.9. The van der Waals surface area contributed by atoms with Crippen molar-refractivity contribution in [1.82, 2.24) is 10.3 Å². The zero-order valence-electron chi connectivity index (χ0n) is 11.9. The molecule has 4 nitrogen and oxygen atoms in total. The van der Waals surface area contributed by atoms with Crippen LogP contribution in [-0.4, -0.2) is 19.2 Å². The first kappa shape index (κ1) is 14.5. The molecule has 0 aliphatic rings. The van der Waals surface area contributed by atoms with E-state index in [1.54, 1.807) is 14.2 Å². The maximum atomic E-state index is 5.21. The fraction of sp³-hybridized carbons (Fsp3) is 0.312. The van der Waals surface area contributed by atoms with Crippen molar-refractivity contribution in [1.29, 1.82) is 0 Å². The van der Waals surface area contributed by atoms with Crippen molar-refractivity contribution in [2.75, 3.05) is 14.2 Å². The van der Waals surface area contributed by atoms with Gasteiger partial charge in [0.05, 0.1) is 19.4 Å². The van der Waals surface area contributed by atoms with Gasteiger partial charge in [0.15, 0.2) is 0 Å². The number of methoxy groups -OCH3 is 2. The highest BCUT2D eigenvalue weighted by Crippen LogP contribution is 2.10. The van der Waals surface area contributed by atoms with Gasteiger partial charge in [-0.3, -0.25) is 0 Å². The number of hydrogen-bond acceptors (Lipinski definition) is 4. The molecule has 0 radical (unpaired) electrons. The number of nitrogens with one attached hydrogen (secondary N) is 1. The van der Waals surface area contributed by atoms with Gasteiger partial charge in [0, 0.05) is 26.3 Å². The number of nitrogens with zero attached hydrogens (tertiary/aromatic N) is 1. The molecule has 0 saturated carbocycles. The van der Waals surface area contributed by atoms with E-state index in [9.17, 15) is 0 Å². The minimum atomic E-state index is 0.634. The third-order valence-corrected chi connectivity index (χ3v) is 3.03. The quantitative estimate of drug-likeness (QED) is 0.841. The molecule has 0 atom stereocenters. The molecule has 20 heavy (non-hydrogen) atoms. The van der Waals surface area contributed by atoms with Crippen LogP contribution >= 0.6 is 0 Å². The second-order valence-electron chi connectivity index (χ2n) is 4.48. The minimum absolute atomic E-state index is 0.634. The number of aromatic nitrogens is 1. The van der Waals surface area contributed by atoms with Crippen molar-refractivity contribution in [2.45, 2.75) is 19.7 Å². The summed E-state index contributed by atoms with van der Waals surface area (Å²) in [5.41, 5.74) is 3.42. The smallest absolute Gasteiger partial charge is 0.213 e. The summed E-state index contributed by atoms with van der Waals surface area (Å²) in [5.74, 6) is 0.643. The number of ether oxygens (including phenoxy) is 2. The maximum absolute atomic E-state index is 5.21. The molecule has 0 fully saturated rings. The Morgan fingerprint density at radius 1 is 0.950 bits per heavy atom. The first-order valence-corrected chi connectivity index (χ1v) is 6.60. The van der Waals surface area contributed by atoms with Crippen LogP contribution in [0, 0.1) is 0 Å². The lowest BCUT2D eigenvalue weighted by molar-refractivity contribution is 0.184. The number of rotatable bonds is 7. The first-order chi connectivity index (χ1) is 9.83. The Morgan fingerprint density at radius 2 is 1.75 bits per heavy atom. The van der Waals surface area contributed by atoms with Crippen molar-refractivity contribution in [3.63, 3.8) is 0 Å². The van der Waals surface area contributed by atoms with Gasteiger partial charge in [-0.15, -0.1) is 0 Å². The Morgan fingerprint density at radius 3 is 2.50 bits per heavy atom. The molecule has 0 aliphatic heterocycles. The van der Waals surface area contributed by atoms with E-state index >= 15 is 0 Å². The molecule has 2 aromatic rings. The molecule has 0 aliphatic carbocycles. The van der Waals surface area contributed by atoms with Crippen molar-refractivity contribution in [3.05, 3.63) is 59.3 Å². The molecular weight excluding hydrogens is 252 g/mol. The average Bonchev–Trinajstić information content (AvgIpc) is 2.49. The predicted molar refractivity (Wildman–Crippen MR) is 78.5 cm³/mol. The second-order valence-corrected chi connectivity index (χ2v) is 4.48. The monoisotopic (exact) mass is 272 g/mol. The fourth-order valence-corrected chi connectivity index (χ4v) is 2.02. The molecule has 0 bridgehead atoms. The van der Waals surface area contributed by atoms with Crippen LogP contribution in [0.15, 0.2) is 42.5 Å². The van der Waals surface area contributed by atoms with Crippen LogP contribution in [0.25, 0.3) is 0 Å². The Kier molecular flexibility index (Phi) is 5.53. The Labute approximate surface area is 119 Å². The molecule has 2 rings (SSSR count). The van der Waals surface area contributed by atoms with E-state index in [2.05, 4.69) is 22.4 Å². The first-order valence-electron chi connectivity index (χ1n) is 6.60. The molecule has 106 valence electrons. The van der Waals surface area contributed by atoms with Gasteiger partial charge in [-0.05, 0) is 17.2 Å². The van der Waals surface area contributed by atoms with Gasteiger partial charge in [0.2, 0.25) is 5.88 Å². The highest BCUT2D eigenvalue weighted by atomic mass is 16.5. The number of benzene rings is 1. The summed E-state index contributed by atoms with van der Waals surface area (Å²) in [5, 5.41) is 3.39. The number of hydrogen-bond donors (Lipinski definition) is 1. The lowest BCUT2D eigenvalue weighted by Gasteiger charge is -2.10. The Hall–Kier alpha value is -1.91. The van der Waals surface area contributed by atoms with Crippen LogP contribution in [0.5, 0.6) is 5.88 Å². The second kappa shape index (κ2) is 7.62. The lowest BCUT2D eigenvalue weighted by atomic mass is 10.1. The van der Waals surface area contributed by atoms with Gasteiger partial charge in [0.25, 0.3) is 0 Å². The summed E-state index contributed by atoms with van der Waals surface area (Å²) in [7, 11) is 3.34. The molecule has 0 spiro atoms. The van der Waals surface area contributed by atoms with Crippen molar-refractivity contribution in [3.8, 4) is 5.88 Å². The van der Waals surface area contributed by atoms with Crippen LogP contribution in [0.3, 0.4) is 0 Å². The van der Waals surface area contributed by atoms with E-state index in [0.717, 1.165) is 12.2 Å². The maximum Gasteiger partial charge on any atom is 0.213 e. The molecular formula is C16H20N2O2. The van der Waals surface area contributed by atoms with Crippen molar-refractivity contribution in [2.24, 2.45) is 0 Å². The third kappa shape index (κ3) is 4.05. The van der Waals surface area contributed by atoms with Crippen LogP contribution in [-0.2, 0) is 24.4 Å². The summed E-state index contributed by atoms with van der Waals surface area (Å²) in [6.45, 7) is 2.13. The van der Waals surface area contributed by atoms with Gasteiger partial charge < -0.3 is 14.8 Å². The zero-order chi connectivity index (χ0) is 14.2. The van der Waals surface area contributed by atoms with Crippen LogP contribution in [0.4, 0.5) is 0 Å².